The first-order valence-electron chi connectivity index (χ1n) is 4.46. The lowest BCUT2D eigenvalue weighted by Gasteiger charge is -2.03. The average molecular weight is 209 g/mol. The lowest BCUT2D eigenvalue weighted by atomic mass is 10.4. The van der Waals surface area contributed by atoms with E-state index in [1.54, 1.807) is 33.7 Å². The molecular weight excluding hydrogens is 198 g/mol. The van der Waals surface area contributed by atoms with Gasteiger partial charge in [0.1, 0.15) is 5.52 Å². The minimum Gasteiger partial charge on any atom is -0.312 e. The van der Waals surface area contributed by atoms with Crippen LogP contribution in [0.2, 0.25) is 0 Å². The largest absolute Gasteiger partial charge is 0.312 e. The molecule has 0 radical (unpaired) electrons. The van der Waals surface area contributed by atoms with Gasteiger partial charge in [0.2, 0.25) is 0 Å². The standard InChI is InChI=1S/C9H11N3OS/c13-9-8-2-3-10-12(8)6-5-11(9)4-1-7-14/h2-3,5-6,14H,1,4,7H2. The number of nitrogens with zero attached hydrogens (tertiary/aromatic N) is 3. The summed E-state index contributed by atoms with van der Waals surface area (Å²) in [6, 6.07) is 1.72. The highest BCUT2D eigenvalue weighted by Crippen LogP contribution is 1.95. The van der Waals surface area contributed by atoms with Crippen molar-refractivity contribution in [1.29, 1.82) is 0 Å². The molecule has 2 aromatic rings. The van der Waals surface area contributed by atoms with Gasteiger partial charge in [-0.05, 0) is 18.2 Å². The third kappa shape index (κ3) is 1.55. The van der Waals surface area contributed by atoms with Crippen molar-refractivity contribution in [2.24, 2.45) is 0 Å². The van der Waals surface area contributed by atoms with Gasteiger partial charge in [-0.2, -0.15) is 17.7 Å². The van der Waals surface area contributed by atoms with Crippen molar-refractivity contribution >= 4 is 18.1 Å². The first-order chi connectivity index (χ1) is 6.83. The Morgan fingerprint density at radius 3 is 3.07 bits per heavy atom. The van der Waals surface area contributed by atoms with E-state index in [9.17, 15) is 4.79 Å². The summed E-state index contributed by atoms with van der Waals surface area (Å²) in [7, 11) is 0. The molecule has 0 saturated carbocycles. The van der Waals surface area contributed by atoms with Gasteiger partial charge < -0.3 is 4.57 Å². The molecule has 0 aliphatic carbocycles. The highest BCUT2D eigenvalue weighted by Gasteiger charge is 2.01. The fraction of sp³-hybridized carbons (Fsp3) is 0.333. The van der Waals surface area contributed by atoms with E-state index in [0.717, 1.165) is 12.2 Å². The second-order valence-corrected chi connectivity index (χ2v) is 3.48. The van der Waals surface area contributed by atoms with Crippen LogP contribution in [0.4, 0.5) is 0 Å². The van der Waals surface area contributed by atoms with Crippen molar-refractivity contribution in [3.63, 3.8) is 0 Å². The van der Waals surface area contributed by atoms with Crippen molar-refractivity contribution in [1.82, 2.24) is 14.2 Å². The van der Waals surface area contributed by atoms with E-state index in [4.69, 9.17) is 0 Å². The number of thiol groups is 1. The molecule has 2 heterocycles. The first kappa shape index (κ1) is 9.33. The zero-order chi connectivity index (χ0) is 9.97. The molecular formula is C9H11N3OS. The van der Waals surface area contributed by atoms with Gasteiger partial charge in [-0.3, -0.25) is 4.79 Å². The van der Waals surface area contributed by atoms with E-state index >= 15 is 0 Å². The van der Waals surface area contributed by atoms with Gasteiger partial charge >= 0.3 is 0 Å². The van der Waals surface area contributed by atoms with Crippen LogP contribution in [0.5, 0.6) is 0 Å². The van der Waals surface area contributed by atoms with Crippen LogP contribution < -0.4 is 5.56 Å². The maximum atomic E-state index is 11.8. The zero-order valence-electron chi connectivity index (χ0n) is 7.63. The number of fused-ring (bicyclic) bond motifs is 1. The molecule has 14 heavy (non-hydrogen) atoms. The molecule has 0 spiro atoms. The van der Waals surface area contributed by atoms with E-state index < -0.39 is 0 Å². The summed E-state index contributed by atoms with van der Waals surface area (Å²) in [5.41, 5.74) is 0.624. The highest BCUT2D eigenvalue weighted by molar-refractivity contribution is 7.80. The van der Waals surface area contributed by atoms with Crippen molar-refractivity contribution in [2.45, 2.75) is 13.0 Å². The molecule has 0 aliphatic heterocycles. The summed E-state index contributed by atoms with van der Waals surface area (Å²) in [6.07, 6.45) is 6.06. The van der Waals surface area contributed by atoms with Crippen molar-refractivity contribution < 1.29 is 0 Å². The third-order valence-corrected chi connectivity index (χ3v) is 2.41. The molecule has 2 rings (SSSR count). The van der Waals surface area contributed by atoms with E-state index in [0.29, 0.717) is 12.1 Å². The lowest BCUT2D eigenvalue weighted by Crippen LogP contribution is -2.21. The summed E-state index contributed by atoms with van der Waals surface area (Å²) < 4.78 is 3.27. The zero-order valence-corrected chi connectivity index (χ0v) is 8.52. The van der Waals surface area contributed by atoms with Gasteiger partial charge in [0.05, 0.1) is 6.20 Å². The lowest BCUT2D eigenvalue weighted by molar-refractivity contribution is 0.653. The molecule has 0 amide bonds. The summed E-state index contributed by atoms with van der Waals surface area (Å²) >= 11 is 4.11. The van der Waals surface area contributed by atoms with Crippen LogP contribution in [-0.4, -0.2) is 19.9 Å². The van der Waals surface area contributed by atoms with Crippen LogP contribution in [0.3, 0.4) is 0 Å². The molecule has 0 bridgehead atoms. The van der Waals surface area contributed by atoms with Gasteiger partial charge in [-0.25, -0.2) is 4.52 Å². The molecule has 0 unspecified atom stereocenters. The summed E-state index contributed by atoms with van der Waals surface area (Å²) in [6.45, 7) is 0.712. The Morgan fingerprint density at radius 2 is 2.29 bits per heavy atom. The van der Waals surface area contributed by atoms with Crippen LogP contribution in [-0.2, 0) is 6.54 Å². The molecule has 2 aromatic heterocycles. The minimum absolute atomic E-state index is 0.00628. The predicted octanol–water partition coefficient (Wildman–Crippen LogP) is 0.816. The van der Waals surface area contributed by atoms with Crippen LogP contribution in [0.1, 0.15) is 6.42 Å². The monoisotopic (exact) mass is 209 g/mol. The Labute approximate surface area is 86.6 Å². The minimum atomic E-state index is 0.00628. The van der Waals surface area contributed by atoms with Crippen LogP contribution in [0, 0.1) is 0 Å². The molecule has 0 fully saturated rings. The molecule has 4 nitrogen and oxygen atoms in total. The Morgan fingerprint density at radius 1 is 1.43 bits per heavy atom. The molecule has 0 N–H and O–H groups in total. The molecule has 0 aliphatic rings. The number of hydrogen-bond donors (Lipinski definition) is 1. The van der Waals surface area contributed by atoms with E-state index in [-0.39, 0.29) is 5.56 Å². The van der Waals surface area contributed by atoms with E-state index in [1.807, 2.05) is 0 Å². The van der Waals surface area contributed by atoms with Crippen LogP contribution in [0.15, 0.2) is 29.5 Å². The number of aromatic nitrogens is 3. The first-order valence-corrected chi connectivity index (χ1v) is 5.10. The van der Waals surface area contributed by atoms with Gasteiger partial charge in [-0.15, -0.1) is 0 Å². The Kier molecular flexibility index (Phi) is 2.58. The number of hydrogen-bond acceptors (Lipinski definition) is 3. The second-order valence-electron chi connectivity index (χ2n) is 3.03. The number of rotatable bonds is 3. The van der Waals surface area contributed by atoms with Crippen LogP contribution >= 0.6 is 12.6 Å². The normalized spacial score (nSPS) is 10.9. The smallest absolute Gasteiger partial charge is 0.276 e. The quantitative estimate of drug-likeness (QED) is 0.760. The van der Waals surface area contributed by atoms with Crippen LogP contribution in [0.25, 0.3) is 5.52 Å². The maximum Gasteiger partial charge on any atom is 0.276 e. The van der Waals surface area contributed by atoms with Gasteiger partial charge in [0.15, 0.2) is 0 Å². The summed E-state index contributed by atoms with van der Waals surface area (Å²) in [5, 5.41) is 3.99. The third-order valence-electron chi connectivity index (χ3n) is 2.10. The van der Waals surface area contributed by atoms with Gasteiger partial charge in [0.25, 0.3) is 5.56 Å². The Balaban J connectivity index is 2.46. The SMILES string of the molecule is O=c1c2ccnn2ccn1CCCS. The second kappa shape index (κ2) is 3.88. The van der Waals surface area contributed by atoms with Crippen molar-refractivity contribution in [2.75, 3.05) is 5.75 Å². The predicted molar refractivity (Wildman–Crippen MR) is 57.9 cm³/mol. The van der Waals surface area contributed by atoms with Crippen molar-refractivity contribution in [3.05, 3.63) is 35.0 Å². The average Bonchev–Trinajstić information content (AvgIpc) is 2.66. The Hall–Kier alpha value is -1.23. The summed E-state index contributed by atoms with van der Waals surface area (Å²) in [5.74, 6) is 0.789. The van der Waals surface area contributed by atoms with Gasteiger partial charge in [0, 0.05) is 18.9 Å². The highest BCUT2D eigenvalue weighted by atomic mass is 32.1. The van der Waals surface area contributed by atoms with E-state index in [1.165, 1.54) is 0 Å². The molecule has 0 aromatic carbocycles. The van der Waals surface area contributed by atoms with Gasteiger partial charge in [-0.1, -0.05) is 0 Å². The molecule has 0 atom stereocenters. The fourth-order valence-electron chi connectivity index (χ4n) is 1.38. The number of aryl methyl sites for hydroxylation is 1. The fourth-order valence-corrected chi connectivity index (χ4v) is 1.52. The van der Waals surface area contributed by atoms with E-state index in [2.05, 4.69) is 17.7 Å². The maximum absolute atomic E-state index is 11.8. The molecule has 74 valence electrons. The molecule has 0 saturated heterocycles. The van der Waals surface area contributed by atoms with Crippen molar-refractivity contribution in [3.8, 4) is 0 Å². The Bertz CT molecular complexity index is 488. The topological polar surface area (TPSA) is 39.3 Å². The molecule has 5 heteroatoms. The summed E-state index contributed by atoms with van der Waals surface area (Å²) in [4.78, 5) is 11.8.